The molecule has 0 atom stereocenters. The third-order valence-corrected chi connectivity index (χ3v) is 4.17. The maximum atomic E-state index is 12.0. The molecule has 0 radical (unpaired) electrons. The fourth-order valence-electron chi connectivity index (χ4n) is 2.00. The van der Waals surface area contributed by atoms with E-state index in [2.05, 4.69) is 19.9 Å². The van der Waals surface area contributed by atoms with Gasteiger partial charge >= 0.3 is 0 Å². The van der Waals surface area contributed by atoms with Gasteiger partial charge in [0.1, 0.15) is 5.75 Å². The van der Waals surface area contributed by atoms with Gasteiger partial charge in [-0.1, -0.05) is 19.9 Å². The molecule has 0 aliphatic carbocycles. The van der Waals surface area contributed by atoms with Crippen LogP contribution in [0.3, 0.4) is 0 Å². The summed E-state index contributed by atoms with van der Waals surface area (Å²) in [7, 11) is 0. The number of thiophene rings is 1. The first-order valence-corrected chi connectivity index (χ1v) is 7.61. The van der Waals surface area contributed by atoms with Gasteiger partial charge in [-0.25, -0.2) is 0 Å². The first-order chi connectivity index (χ1) is 9.45. The van der Waals surface area contributed by atoms with Crippen LogP contribution in [-0.4, -0.2) is 12.4 Å². The zero-order valence-corrected chi connectivity index (χ0v) is 13.2. The molecular weight excluding hydrogens is 268 g/mol. The number of hydrogen-bond donors (Lipinski definition) is 0. The Labute approximate surface area is 124 Å². The molecule has 2 aromatic rings. The number of carbonyl (C=O) groups is 1. The van der Waals surface area contributed by atoms with E-state index in [1.807, 2.05) is 38.1 Å². The summed E-state index contributed by atoms with van der Waals surface area (Å²) in [5, 5.41) is 0. The van der Waals surface area contributed by atoms with Gasteiger partial charge in [-0.05, 0) is 55.2 Å². The van der Waals surface area contributed by atoms with E-state index in [-0.39, 0.29) is 12.4 Å². The number of Topliss-reactive ketones (excluding diaryl/α,β-unsaturated/α-hetero) is 1. The van der Waals surface area contributed by atoms with Crippen LogP contribution in [0.15, 0.2) is 30.3 Å². The van der Waals surface area contributed by atoms with Gasteiger partial charge in [-0.2, -0.15) is 0 Å². The maximum Gasteiger partial charge on any atom is 0.210 e. The summed E-state index contributed by atoms with van der Waals surface area (Å²) in [6.45, 7) is 8.44. The second kappa shape index (κ2) is 6.23. The Hall–Kier alpha value is -1.61. The van der Waals surface area contributed by atoms with E-state index >= 15 is 0 Å². The molecule has 20 heavy (non-hydrogen) atoms. The molecule has 1 aromatic heterocycles. The second-order valence-electron chi connectivity index (χ2n) is 5.36. The van der Waals surface area contributed by atoms with Crippen LogP contribution in [0.4, 0.5) is 0 Å². The Morgan fingerprint density at radius 3 is 2.55 bits per heavy atom. The Morgan fingerprint density at radius 1 is 1.20 bits per heavy atom. The van der Waals surface area contributed by atoms with Gasteiger partial charge in [0.2, 0.25) is 5.78 Å². The number of hydrogen-bond acceptors (Lipinski definition) is 3. The fraction of sp³-hybridized carbons (Fsp3) is 0.353. The third kappa shape index (κ3) is 3.70. The number of rotatable bonds is 5. The third-order valence-electron chi connectivity index (χ3n) is 3.12. The molecular formula is C17H20O2S. The van der Waals surface area contributed by atoms with E-state index in [1.165, 1.54) is 16.9 Å². The van der Waals surface area contributed by atoms with Crippen LogP contribution in [0.2, 0.25) is 0 Å². The highest BCUT2D eigenvalue weighted by Crippen LogP contribution is 2.23. The molecule has 0 aliphatic rings. The number of ketones is 1. The summed E-state index contributed by atoms with van der Waals surface area (Å²) in [6, 6.07) is 9.97. The van der Waals surface area contributed by atoms with E-state index in [4.69, 9.17) is 4.74 Å². The Morgan fingerprint density at radius 2 is 1.95 bits per heavy atom. The molecule has 3 heteroatoms. The second-order valence-corrected chi connectivity index (χ2v) is 6.64. The maximum absolute atomic E-state index is 12.0. The number of ether oxygens (including phenoxy) is 1. The Bertz CT molecular complexity index is 611. The minimum absolute atomic E-state index is 0.0377. The van der Waals surface area contributed by atoms with Crippen molar-refractivity contribution in [2.45, 2.75) is 33.6 Å². The molecule has 0 unspecified atom stereocenters. The van der Waals surface area contributed by atoms with Crippen LogP contribution >= 0.6 is 11.3 Å². The van der Waals surface area contributed by atoms with Crippen molar-refractivity contribution in [2.24, 2.45) is 0 Å². The average molecular weight is 288 g/mol. The van der Waals surface area contributed by atoms with E-state index in [0.29, 0.717) is 5.92 Å². The largest absolute Gasteiger partial charge is 0.485 e. The monoisotopic (exact) mass is 288 g/mol. The zero-order chi connectivity index (χ0) is 14.7. The lowest BCUT2D eigenvalue weighted by Gasteiger charge is -2.11. The van der Waals surface area contributed by atoms with Crippen LogP contribution in [0, 0.1) is 13.8 Å². The van der Waals surface area contributed by atoms with Crippen molar-refractivity contribution in [2.75, 3.05) is 6.61 Å². The first kappa shape index (κ1) is 14.8. The molecule has 0 amide bonds. The lowest BCUT2D eigenvalue weighted by atomic mass is 10.0. The van der Waals surface area contributed by atoms with Gasteiger partial charge in [0.25, 0.3) is 0 Å². The van der Waals surface area contributed by atoms with E-state index in [9.17, 15) is 4.79 Å². The SMILES string of the molecule is Cc1cc(OCC(=O)c2ccc(C)s2)cc(C(C)C)c1. The van der Waals surface area contributed by atoms with Gasteiger partial charge in [-0.15, -0.1) is 11.3 Å². The highest BCUT2D eigenvalue weighted by atomic mass is 32.1. The summed E-state index contributed by atoms with van der Waals surface area (Å²) in [4.78, 5) is 13.9. The molecule has 0 saturated carbocycles. The normalized spacial score (nSPS) is 10.8. The molecule has 2 nitrogen and oxygen atoms in total. The lowest BCUT2D eigenvalue weighted by molar-refractivity contribution is 0.0925. The minimum Gasteiger partial charge on any atom is -0.485 e. The number of benzene rings is 1. The van der Waals surface area contributed by atoms with E-state index < -0.39 is 0 Å². The Balaban J connectivity index is 2.05. The lowest BCUT2D eigenvalue weighted by Crippen LogP contribution is -2.10. The van der Waals surface area contributed by atoms with Crippen LogP contribution in [0.5, 0.6) is 5.75 Å². The van der Waals surface area contributed by atoms with Gasteiger partial charge in [0, 0.05) is 4.88 Å². The van der Waals surface area contributed by atoms with Gasteiger partial charge < -0.3 is 4.74 Å². The van der Waals surface area contributed by atoms with Crippen molar-refractivity contribution >= 4 is 17.1 Å². The smallest absolute Gasteiger partial charge is 0.210 e. The fourth-order valence-corrected chi connectivity index (χ4v) is 2.79. The van der Waals surface area contributed by atoms with Gasteiger partial charge in [0.15, 0.2) is 6.61 Å². The number of aryl methyl sites for hydroxylation is 2. The van der Waals surface area contributed by atoms with Gasteiger partial charge in [0.05, 0.1) is 4.88 Å². The highest BCUT2D eigenvalue weighted by Gasteiger charge is 2.10. The summed E-state index contributed by atoms with van der Waals surface area (Å²) >= 11 is 1.51. The van der Waals surface area contributed by atoms with Gasteiger partial charge in [-0.3, -0.25) is 4.79 Å². The number of carbonyl (C=O) groups excluding carboxylic acids is 1. The van der Waals surface area contributed by atoms with Crippen molar-refractivity contribution in [3.63, 3.8) is 0 Å². The predicted molar refractivity (Wildman–Crippen MR) is 84.1 cm³/mol. The van der Waals surface area contributed by atoms with Crippen LogP contribution in [-0.2, 0) is 0 Å². The first-order valence-electron chi connectivity index (χ1n) is 6.79. The molecule has 1 aromatic carbocycles. The predicted octanol–water partition coefficient (Wildman–Crippen LogP) is 4.75. The summed E-state index contributed by atoms with van der Waals surface area (Å²) < 4.78 is 5.66. The van der Waals surface area contributed by atoms with Crippen LogP contribution in [0.1, 0.15) is 45.4 Å². The van der Waals surface area contributed by atoms with Crippen molar-refractivity contribution in [1.29, 1.82) is 0 Å². The van der Waals surface area contributed by atoms with Crippen molar-refractivity contribution in [1.82, 2.24) is 0 Å². The molecule has 2 rings (SSSR count). The van der Waals surface area contributed by atoms with E-state index in [1.54, 1.807) is 0 Å². The average Bonchev–Trinajstić information content (AvgIpc) is 2.82. The summed E-state index contributed by atoms with van der Waals surface area (Å²) in [5.41, 5.74) is 2.39. The van der Waals surface area contributed by atoms with Crippen LogP contribution < -0.4 is 4.74 Å². The quantitative estimate of drug-likeness (QED) is 0.742. The van der Waals surface area contributed by atoms with Crippen molar-refractivity contribution < 1.29 is 9.53 Å². The molecule has 0 spiro atoms. The molecule has 0 N–H and O–H groups in total. The molecule has 0 bridgehead atoms. The highest BCUT2D eigenvalue weighted by molar-refractivity contribution is 7.14. The molecule has 1 heterocycles. The van der Waals surface area contributed by atoms with Crippen LogP contribution in [0.25, 0.3) is 0 Å². The van der Waals surface area contributed by atoms with E-state index in [0.717, 1.165) is 21.1 Å². The van der Waals surface area contributed by atoms with Crippen molar-refractivity contribution in [3.05, 3.63) is 51.2 Å². The molecule has 106 valence electrons. The summed E-state index contributed by atoms with van der Waals surface area (Å²) in [5.74, 6) is 1.26. The Kier molecular flexibility index (Phi) is 4.61. The standard InChI is InChI=1S/C17H20O2S/c1-11(2)14-7-12(3)8-15(9-14)19-10-16(18)17-6-5-13(4)20-17/h5-9,11H,10H2,1-4H3. The molecule has 0 saturated heterocycles. The topological polar surface area (TPSA) is 26.3 Å². The molecule has 0 aliphatic heterocycles. The molecule has 0 fully saturated rings. The van der Waals surface area contributed by atoms with Crippen molar-refractivity contribution in [3.8, 4) is 5.75 Å². The zero-order valence-electron chi connectivity index (χ0n) is 12.4. The summed E-state index contributed by atoms with van der Waals surface area (Å²) in [6.07, 6.45) is 0. The minimum atomic E-state index is 0.0377.